The molecule has 0 unspecified atom stereocenters. The second-order valence-corrected chi connectivity index (χ2v) is 8.28. The summed E-state index contributed by atoms with van der Waals surface area (Å²) in [7, 11) is 0. The van der Waals surface area contributed by atoms with Crippen LogP contribution in [0.1, 0.15) is 41.5 Å². The number of pyridine rings is 1. The average molecular weight is 476 g/mol. The van der Waals surface area contributed by atoms with Crippen LogP contribution in [0, 0.1) is 11.6 Å². The molecule has 0 aliphatic heterocycles. The fourth-order valence-electron chi connectivity index (χ4n) is 2.55. The highest BCUT2D eigenvalue weighted by Gasteiger charge is 2.19. The molecular formula is C23H20ClF2N3O4. The Morgan fingerprint density at radius 1 is 1.00 bits per heavy atom. The molecule has 0 aliphatic carbocycles. The van der Waals surface area contributed by atoms with Crippen molar-refractivity contribution in [3.8, 4) is 11.6 Å². The number of aromatic nitrogens is 1. The molecule has 0 saturated carbocycles. The van der Waals surface area contributed by atoms with Crippen molar-refractivity contribution in [2.45, 2.75) is 26.4 Å². The normalized spacial score (nSPS) is 11.0. The third-order valence-corrected chi connectivity index (χ3v) is 4.21. The summed E-state index contributed by atoms with van der Waals surface area (Å²) < 4.78 is 37.3. The third-order valence-electron chi connectivity index (χ3n) is 4.01. The van der Waals surface area contributed by atoms with E-state index in [4.69, 9.17) is 21.1 Å². The van der Waals surface area contributed by atoms with Crippen molar-refractivity contribution in [3.05, 3.63) is 82.5 Å². The van der Waals surface area contributed by atoms with E-state index in [2.05, 4.69) is 15.8 Å². The predicted octanol–water partition coefficient (Wildman–Crippen LogP) is 5.52. The number of carbonyl (C=O) groups excluding carboxylic acids is 2. The van der Waals surface area contributed by atoms with Gasteiger partial charge in [-0.25, -0.2) is 18.6 Å². The Bertz CT molecular complexity index is 1180. The van der Waals surface area contributed by atoms with Crippen LogP contribution in [0.5, 0.6) is 11.6 Å². The Kier molecular flexibility index (Phi) is 7.13. The van der Waals surface area contributed by atoms with Gasteiger partial charge in [0.25, 0.3) is 5.91 Å². The Labute approximate surface area is 193 Å². The molecule has 10 heteroatoms. The molecule has 33 heavy (non-hydrogen) atoms. The summed E-state index contributed by atoms with van der Waals surface area (Å²) >= 11 is 5.95. The van der Waals surface area contributed by atoms with E-state index in [1.165, 1.54) is 18.3 Å². The van der Waals surface area contributed by atoms with Crippen LogP contribution in [0.15, 0.2) is 54.7 Å². The Morgan fingerprint density at radius 2 is 1.70 bits per heavy atom. The number of ether oxygens (including phenoxy) is 2. The number of hydrogen-bond donors (Lipinski definition) is 2. The third kappa shape index (κ3) is 6.63. The van der Waals surface area contributed by atoms with Gasteiger partial charge in [0.1, 0.15) is 16.9 Å². The first-order valence-electron chi connectivity index (χ1n) is 9.70. The van der Waals surface area contributed by atoms with E-state index in [9.17, 15) is 18.4 Å². The molecule has 7 nitrogen and oxygen atoms in total. The molecule has 1 amide bonds. The lowest BCUT2D eigenvalue weighted by Gasteiger charge is -2.19. The fourth-order valence-corrected chi connectivity index (χ4v) is 2.70. The minimum Gasteiger partial charge on any atom is -0.456 e. The summed E-state index contributed by atoms with van der Waals surface area (Å²) in [4.78, 5) is 28.7. The van der Waals surface area contributed by atoms with E-state index in [1.807, 2.05) is 0 Å². The van der Waals surface area contributed by atoms with Crippen LogP contribution in [0.3, 0.4) is 0 Å². The van der Waals surface area contributed by atoms with Crippen LogP contribution >= 0.6 is 11.6 Å². The van der Waals surface area contributed by atoms with Gasteiger partial charge in [0.05, 0.1) is 16.3 Å². The molecule has 0 aliphatic rings. The zero-order valence-corrected chi connectivity index (χ0v) is 18.7. The number of hydrazine groups is 1. The molecule has 1 aromatic heterocycles. The molecule has 1 heterocycles. The van der Waals surface area contributed by atoms with Crippen LogP contribution in [0.25, 0.3) is 0 Å². The quantitative estimate of drug-likeness (QED) is 0.360. The monoisotopic (exact) mass is 475 g/mol. The number of nitrogens with one attached hydrogen (secondary N) is 2. The highest BCUT2D eigenvalue weighted by atomic mass is 35.5. The SMILES string of the molecule is CC(C)(C)OC(=O)c1ccc(NNC(=O)c2cc(Cl)cnc2Oc2ccc(F)c(F)c2)cc1. The molecule has 0 atom stereocenters. The van der Waals surface area contributed by atoms with E-state index < -0.39 is 29.1 Å². The summed E-state index contributed by atoms with van der Waals surface area (Å²) in [5.41, 5.74) is 5.32. The van der Waals surface area contributed by atoms with Crippen LogP contribution in [-0.2, 0) is 4.74 Å². The van der Waals surface area contributed by atoms with Gasteiger partial charge < -0.3 is 9.47 Å². The van der Waals surface area contributed by atoms with Crippen molar-refractivity contribution in [2.24, 2.45) is 0 Å². The molecule has 172 valence electrons. The van der Waals surface area contributed by atoms with Crippen molar-refractivity contribution in [3.63, 3.8) is 0 Å². The van der Waals surface area contributed by atoms with Gasteiger partial charge in [0.15, 0.2) is 11.6 Å². The molecule has 2 aromatic carbocycles. The minimum atomic E-state index is -1.11. The largest absolute Gasteiger partial charge is 0.456 e. The molecular weight excluding hydrogens is 456 g/mol. The predicted molar refractivity (Wildman–Crippen MR) is 118 cm³/mol. The lowest BCUT2D eigenvalue weighted by atomic mass is 10.1. The average Bonchev–Trinajstić information content (AvgIpc) is 2.75. The standard InChI is InChI=1S/C23H20ClF2N3O4/c1-23(2,3)33-22(31)13-4-6-15(7-5-13)28-29-20(30)17-10-14(24)12-27-21(17)32-16-8-9-18(25)19(26)11-16/h4-12,28H,1-3H3,(H,29,30). The van der Waals surface area contributed by atoms with Crippen molar-refractivity contribution >= 4 is 29.2 Å². The summed E-state index contributed by atoms with van der Waals surface area (Å²) in [5.74, 6) is -3.48. The zero-order chi connectivity index (χ0) is 24.2. The van der Waals surface area contributed by atoms with Crippen molar-refractivity contribution in [1.82, 2.24) is 10.4 Å². The number of rotatable bonds is 6. The van der Waals surface area contributed by atoms with Crippen LogP contribution < -0.4 is 15.6 Å². The lowest BCUT2D eigenvalue weighted by Crippen LogP contribution is -2.30. The molecule has 2 N–H and O–H groups in total. The van der Waals surface area contributed by atoms with Gasteiger partial charge in [-0.1, -0.05) is 11.6 Å². The second-order valence-electron chi connectivity index (χ2n) is 7.84. The number of halogens is 3. The maximum Gasteiger partial charge on any atom is 0.338 e. The van der Waals surface area contributed by atoms with E-state index in [-0.39, 0.29) is 22.2 Å². The Balaban J connectivity index is 1.69. The maximum absolute atomic E-state index is 13.5. The molecule has 3 aromatic rings. The van der Waals surface area contributed by atoms with E-state index in [1.54, 1.807) is 45.0 Å². The highest BCUT2D eigenvalue weighted by Crippen LogP contribution is 2.26. The smallest absolute Gasteiger partial charge is 0.338 e. The van der Waals surface area contributed by atoms with Crippen molar-refractivity contribution < 1.29 is 27.8 Å². The Morgan fingerprint density at radius 3 is 2.33 bits per heavy atom. The molecule has 0 saturated heterocycles. The van der Waals surface area contributed by atoms with Gasteiger partial charge in [0, 0.05) is 12.3 Å². The summed E-state index contributed by atoms with van der Waals surface area (Å²) in [5, 5.41) is 0.166. The van der Waals surface area contributed by atoms with Gasteiger partial charge >= 0.3 is 5.97 Å². The molecule has 0 radical (unpaired) electrons. The van der Waals surface area contributed by atoms with E-state index >= 15 is 0 Å². The van der Waals surface area contributed by atoms with Gasteiger partial charge in [-0.3, -0.25) is 15.6 Å². The molecule has 0 bridgehead atoms. The first-order chi connectivity index (χ1) is 15.5. The molecule has 0 spiro atoms. The highest BCUT2D eigenvalue weighted by molar-refractivity contribution is 6.30. The first kappa shape index (κ1) is 23.9. The second kappa shape index (κ2) is 9.83. The van der Waals surface area contributed by atoms with Crippen LogP contribution in [-0.4, -0.2) is 22.5 Å². The van der Waals surface area contributed by atoms with Crippen LogP contribution in [0.4, 0.5) is 14.5 Å². The van der Waals surface area contributed by atoms with Crippen molar-refractivity contribution in [2.75, 3.05) is 5.43 Å². The van der Waals surface area contributed by atoms with Gasteiger partial charge in [0.2, 0.25) is 5.88 Å². The molecule has 3 rings (SSSR count). The number of amides is 1. The first-order valence-corrected chi connectivity index (χ1v) is 10.1. The maximum atomic E-state index is 13.5. The number of nitrogens with zero attached hydrogens (tertiary/aromatic N) is 1. The number of carbonyl (C=O) groups is 2. The zero-order valence-electron chi connectivity index (χ0n) is 17.9. The lowest BCUT2D eigenvalue weighted by molar-refractivity contribution is 0.00694. The van der Waals surface area contributed by atoms with Gasteiger partial charge in [-0.05, 0) is 63.2 Å². The summed E-state index contributed by atoms with van der Waals surface area (Å²) in [6.45, 7) is 5.31. The molecule has 0 fully saturated rings. The van der Waals surface area contributed by atoms with Crippen LogP contribution in [0.2, 0.25) is 5.02 Å². The number of esters is 1. The fraction of sp³-hybridized carbons (Fsp3) is 0.174. The number of anilines is 1. The number of hydrogen-bond acceptors (Lipinski definition) is 6. The Hall–Kier alpha value is -3.72. The van der Waals surface area contributed by atoms with Gasteiger partial charge in [-0.2, -0.15) is 0 Å². The van der Waals surface area contributed by atoms with Crippen molar-refractivity contribution in [1.29, 1.82) is 0 Å². The topological polar surface area (TPSA) is 89.6 Å². The number of benzene rings is 2. The van der Waals surface area contributed by atoms with Gasteiger partial charge in [-0.15, -0.1) is 0 Å². The van der Waals surface area contributed by atoms with E-state index in [0.29, 0.717) is 11.3 Å². The van der Waals surface area contributed by atoms with E-state index in [0.717, 1.165) is 12.1 Å². The minimum absolute atomic E-state index is 0.0508. The summed E-state index contributed by atoms with van der Waals surface area (Å²) in [6.07, 6.45) is 1.25. The summed E-state index contributed by atoms with van der Waals surface area (Å²) in [6, 6.07) is 10.5.